The molecule has 18 heavy (non-hydrogen) atoms. The van der Waals surface area contributed by atoms with Gasteiger partial charge in [-0.2, -0.15) is 0 Å². The highest BCUT2D eigenvalue weighted by Gasteiger charge is 2.36. The van der Waals surface area contributed by atoms with Crippen LogP contribution in [0.15, 0.2) is 24.3 Å². The molecule has 1 aliphatic rings. The number of rotatable bonds is 2. The molecule has 2 rings (SSSR count). The lowest BCUT2D eigenvalue weighted by Crippen LogP contribution is -2.42. The molecule has 1 fully saturated rings. The van der Waals surface area contributed by atoms with Crippen molar-refractivity contribution in [2.45, 2.75) is 32.4 Å². The molecule has 4 heteroatoms. The van der Waals surface area contributed by atoms with Crippen LogP contribution in [-0.2, 0) is 4.79 Å². The van der Waals surface area contributed by atoms with Crippen LogP contribution in [0.5, 0.6) is 0 Å². The number of carbonyl (C=O) groups excluding carboxylic acids is 1. The summed E-state index contributed by atoms with van der Waals surface area (Å²) in [6.07, 6.45) is 0.791. The molecule has 0 bridgehead atoms. The molecule has 2 unspecified atom stereocenters. The lowest BCUT2D eigenvalue weighted by Gasteiger charge is -2.26. The number of nitrogens with zero attached hydrogens (tertiary/aromatic N) is 1. The first-order valence-corrected chi connectivity index (χ1v) is 6.31. The molecule has 0 aliphatic carbocycles. The van der Waals surface area contributed by atoms with Crippen LogP contribution in [0.3, 0.4) is 0 Å². The maximum atomic E-state index is 13.8. The second-order valence-electron chi connectivity index (χ2n) is 5.16. The van der Waals surface area contributed by atoms with Crippen molar-refractivity contribution >= 4 is 5.91 Å². The third-order valence-corrected chi connectivity index (χ3v) is 3.45. The number of benzene rings is 1. The van der Waals surface area contributed by atoms with Crippen LogP contribution in [0, 0.1) is 11.7 Å². The average Bonchev–Trinajstić information content (AvgIpc) is 2.70. The summed E-state index contributed by atoms with van der Waals surface area (Å²) in [5.74, 6) is 0.0176. The Bertz CT molecular complexity index is 447. The first-order chi connectivity index (χ1) is 8.50. The molecule has 1 aliphatic heterocycles. The quantitative estimate of drug-likeness (QED) is 0.873. The number of hydrogen-bond donors (Lipinski definition) is 1. The van der Waals surface area contributed by atoms with Crippen LogP contribution >= 0.6 is 0 Å². The van der Waals surface area contributed by atoms with Crippen LogP contribution in [0.1, 0.15) is 31.9 Å². The Morgan fingerprint density at radius 1 is 1.50 bits per heavy atom. The van der Waals surface area contributed by atoms with E-state index in [0.29, 0.717) is 18.0 Å². The summed E-state index contributed by atoms with van der Waals surface area (Å²) in [6.45, 7) is 4.39. The van der Waals surface area contributed by atoms with E-state index in [1.807, 2.05) is 0 Å². The van der Waals surface area contributed by atoms with E-state index >= 15 is 0 Å². The molecule has 1 amide bonds. The smallest absolute Gasteiger partial charge is 0.239 e. The van der Waals surface area contributed by atoms with Gasteiger partial charge in [-0.25, -0.2) is 4.39 Å². The molecule has 1 saturated heterocycles. The van der Waals surface area contributed by atoms with Crippen molar-refractivity contribution in [1.29, 1.82) is 0 Å². The molecule has 3 atom stereocenters. The van der Waals surface area contributed by atoms with Crippen molar-refractivity contribution < 1.29 is 9.18 Å². The Balaban J connectivity index is 2.31. The van der Waals surface area contributed by atoms with E-state index in [1.54, 1.807) is 30.0 Å². The van der Waals surface area contributed by atoms with Crippen LogP contribution in [0.25, 0.3) is 0 Å². The molecular formula is C14H19FN2O. The molecule has 2 N–H and O–H groups in total. The van der Waals surface area contributed by atoms with Crippen molar-refractivity contribution in [3.63, 3.8) is 0 Å². The van der Waals surface area contributed by atoms with Gasteiger partial charge in [0.05, 0.1) is 12.1 Å². The maximum Gasteiger partial charge on any atom is 0.239 e. The van der Waals surface area contributed by atoms with E-state index in [-0.39, 0.29) is 17.8 Å². The van der Waals surface area contributed by atoms with Crippen molar-refractivity contribution in [1.82, 2.24) is 4.90 Å². The third kappa shape index (κ3) is 2.38. The second-order valence-corrected chi connectivity index (χ2v) is 5.16. The predicted octanol–water partition coefficient (Wildman–Crippen LogP) is 2.08. The van der Waals surface area contributed by atoms with Gasteiger partial charge in [-0.15, -0.1) is 0 Å². The fourth-order valence-corrected chi connectivity index (χ4v) is 2.59. The molecule has 0 radical (unpaired) electrons. The average molecular weight is 250 g/mol. The summed E-state index contributed by atoms with van der Waals surface area (Å²) in [5, 5.41) is 0. The standard InChI is InChI=1S/C14H19FN2O/c1-9-7-13(11-5-3-4-6-12(11)15)17(8-9)14(18)10(2)16/h3-6,9-10,13H,7-8,16H2,1-2H3/t9?,10-,13?/m0/s1. The first kappa shape index (κ1) is 13.0. The lowest BCUT2D eigenvalue weighted by molar-refractivity contribution is -0.133. The van der Waals surface area contributed by atoms with Crippen molar-refractivity contribution in [2.24, 2.45) is 11.7 Å². The minimum absolute atomic E-state index is 0.104. The summed E-state index contributed by atoms with van der Waals surface area (Å²) < 4.78 is 13.8. The van der Waals surface area contributed by atoms with Crippen molar-refractivity contribution in [3.05, 3.63) is 35.6 Å². The van der Waals surface area contributed by atoms with Crippen LogP contribution in [0.2, 0.25) is 0 Å². The summed E-state index contributed by atoms with van der Waals surface area (Å²) in [4.78, 5) is 13.8. The first-order valence-electron chi connectivity index (χ1n) is 6.31. The Morgan fingerprint density at radius 2 is 2.17 bits per heavy atom. The maximum absolute atomic E-state index is 13.8. The van der Waals surface area contributed by atoms with E-state index < -0.39 is 6.04 Å². The fourth-order valence-electron chi connectivity index (χ4n) is 2.59. The highest BCUT2D eigenvalue weighted by atomic mass is 19.1. The normalized spacial score (nSPS) is 25.2. The summed E-state index contributed by atoms with van der Waals surface area (Å²) in [5.41, 5.74) is 6.25. The van der Waals surface area contributed by atoms with E-state index in [2.05, 4.69) is 6.92 Å². The molecule has 3 nitrogen and oxygen atoms in total. The van der Waals surface area contributed by atoms with Gasteiger partial charge in [0.15, 0.2) is 0 Å². The van der Waals surface area contributed by atoms with Gasteiger partial charge in [0, 0.05) is 12.1 Å². The Morgan fingerprint density at radius 3 is 2.78 bits per heavy atom. The minimum Gasteiger partial charge on any atom is -0.334 e. The number of nitrogens with two attached hydrogens (primary N) is 1. The number of amides is 1. The number of hydrogen-bond acceptors (Lipinski definition) is 2. The van der Waals surface area contributed by atoms with Crippen LogP contribution in [-0.4, -0.2) is 23.4 Å². The van der Waals surface area contributed by atoms with E-state index in [1.165, 1.54) is 6.07 Å². The third-order valence-electron chi connectivity index (χ3n) is 3.45. The number of halogens is 1. The zero-order valence-electron chi connectivity index (χ0n) is 10.8. The van der Waals surface area contributed by atoms with E-state index in [4.69, 9.17) is 5.73 Å². The van der Waals surface area contributed by atoms with Crippen molar-refractivity contribution in [2.75, 3.05) is 6.54 Å². The van der Waals surface area contributed by atoms with E-state index in [9.17, 15) is 9.18 Å². The van der Waals surface area contributed by atoms with Crippen LogP contribution in [0.4, 0.5) is 4.39 Å². The lowest BCUT2D eigenvalue weighted by atomic mass is 10.0. The highest BCUT2D eigenvalue weighted by Crippen LogP contribution is 2.36. The molecule has 1 aromatic carbocycles. The predicted molar refractivity (Wildman–Crippen MR) is 68.3 cm³/mol. The zero-order chi connectivity index (χ0) is 13.3. The summed E-state index contributed by atoms with van der Waals surface area (Å²) in [6, 6.07) is 5.93. The van der Waals surface area contributed by atoms with Gasteiger partial charge in [0.25, 0.3) is 0 Å². The van der Waals surface area contributed by atoms with Crippen LogP contribution < -0.4 is 5.73 Å². The topological polar surface area (TPSA) is 46.3 Å². The molecule has 1 aromatic rings. The Labute approximate surface area is 107 Å². The summed E-state index contributed by atoms with van der Waals surface area (Å²) in [7, 11) is 0. The monoisotopic (exact) mass is 250 g/mol. The number of likely N-dealkylation sites (tertiary alicyclic amines) is 1. The van der Waals surface area contributed by atoms with Crippen molar-refractivity contribution in [3.8, 4) is 0 Å². The molecule has 98 valence electrons. The number of carbonyl (C=O) groups is 1. The van der Waals surface area contributed by atoms with Gasteiger partial charge in [-0.3, -0.25) is 4.79 Å². The van der Waals surface area contributed by atoms with Gasteiger partial charge in [0.1, 0.15) is 5.82 Å². The van der Waals surface area contributed by atoms with Gasteiger partial charge in [-0.05, 0) is 25.3 Å². The summed E-state index contributed by atoms with van der Waals surface area (Å²) >= 11 is 0. The molecule has 0 saturated carbocycles. The SMILES string of the molecule is CC1CC(c2ccccc2F)N(C(=O)[C@H](C)N)C1. The zero-order valence-corrected chi connectivity index (χ0v) is 10.8. The highest BCUT2D eigenvalue weighted by molar-refractivity contribution is 5.82. The van der Waals surface area contributed by atoms with Gasteiger partial charge in [0.2, 0.25) is 5.91 Å². The Hall–Kier alpha value is -1.42. The Kier molecular flexibility index (Phi) is 3.66. The molecule has 0 spiro atoms. The van der Waals surface area contributed by atoms with Gasteiger partial charge >= 0.3 is 0 Å². The second kappa shape index (κ2) is 5.06. The molecule has 0 aromatic heterocycles. The fraction of sp³-hybridized carbons (Fsp3) is 0.500. The van der Waals surface area contributed by atoms with Gasteiger partial charge in [-0.1, -0.05) is 25.1 Å². The largest absolute Gasteiger partial charge is 0.334 e. The van der Waals surface area contributed by atoms with E-state index in [0.717, 1.165) is 6.42 Å². The van der Waals surface area contributed by atoms with Gasteiger partial charge < -0.3 is 10.6 Å². The minimum atomic E-state index is -0.537. The molecule has 1 heterocycles. The molecular weight excluding hydrogens is 231 g/mol.